The van der Waals surface area contributed by atoms with E-state index in [0.29, 0.717) is 6.42 Å². The van der Waals surface area contributed by atoms with Gasteiger partial charge < -0.3 is 24.8 Å². The number of rotatable bonds is 5. The van der Waals surface area contributed by atoms with Crippen LogP contribution in [0.3, 0.4) is 0 Å². The highest BCUT2D eigenvalue weighted by Crippen LogP contribution is 2.05. The number of carbonyl (C=O) groups excluding carboxylic acids is 2. The third-order valence-corrected chi connectivity index (χ3v) is 2.10. The first-order chi connectivity index (χ1) is 11.0. The molecule has 0 aliphatic carbocycles. The second-order valence-electron chi connectivity index (χ2n) is 5.66. The highest BCUT2D eigenvalue weighted by atomic mass is 19.1. The summed E-state index contributed by atoms with van der Waals surface area (Å²) in [5.74, 6) is -0.110. The SMILES string of the molecule is C.C=CCF.CNC(=O)OC(C)(C)C.CO[C@@H](CCO)C(=O)N(C)C. The molecule has 0 aromatic heterocycles. The number of ether oxygens (including phenoxy) is 2. The maximum absolute atomic E-state index is 11.2. The van der Waals surface area contributed by atoms with Crippen LogP contribution in [0.2, 0.25) is 0 Å². The fourth-order valence-electron chi connectivity index (χ4n) is 1.08. The van der Waals surface area contributed by atoms with Crippen LogP contribution in [0.25, 0.3) is 0 Å². The molecule has 0 unspecified atom stereocenters. The van der Waals surface area contributed by atoms with E-state index in [1.807, 2.05) is 20.8 Å². The zero-order valence-electron chi connectivity index (χ0n) is 15.9. The summed E-state index contributed by atoms with van der Waals surface area (Å²) in [6, 6.07) is 0. The van der Waals surface area contributed by atoms with Gasteiger partial charge in [0.05, 0.1) is 0 Å². The van der Waals surface area contributed by atoms with Crippen molar-refractivity contribution in [2.24, 2.45) is 0 Å². The summed E-state index contributed by atoms with van der Waals surface area (Å²) in [6.45, 7) is 8.12. The van der Waals surface area contributed by atoms with Crippen molar-refractivity contribution in [3.05, 3.63) is 12.7 Å². The minimum Gasteiger partial charge on any atom is -0.444 e. The molecule has 0 rings (SSSR count). The third-order valence-electron chi connectivity index (χ3n) is 2.10. The molecule has 0 bridgehead atoms. The molecule has 0 heterocycles. The van der Waals surface area contributed by atoms with Crippen molar-refractivity contribution in [2.45, 2.75) is 46.3 Å². The Labute approximate surface area is 152 Å². The summed E-state index contributed by atoms with van der Waals surface area (Å²) in [7, 11) is 6.31. The molecule has 0 radical (unpaired) electrons. The fourth-order valence-corrected chi connectivity index (χ4v) is 1.08. The molecule has 25 heavy (non-hydrogen) atoms. The number of alkyl carbamates (subject to hydrolysis) is 1. The summed E-state index contributed by atoms with van der Waals surface area (Å²) >= 11 is 0. The minimum absolute atomic E-state index is 0. The van der Waals surface area contributed by atoms with Gasteiger partial charge >= 0.3 is 6.09 Å². The maximum Gasteiger partial charge on any atom is 0.407 e. The van der Waals surface area contributed by atoms with Gasteiger partial charge in [0.1, 0.15) is 18.4 Å². The highest BCUT2D eigenvalue weighted by Gasteiger charge is 2.18. The number of likely N-dealkylation sites (N-methyl/N-ethyl adjacent to an activating group) is 1. The van der Waals surface area contributed by atoms with Crippen LogP contribution in [0.4, 0.5) is 9.18 Å². The van der Waals surface area contributed by atoms with Crippen LogP contribution >= 0.6 is 0 Å². The summed E-state index contributed by atoms with van der Waals surface area (Å²) in [4.78, 5) is 23.1. The molecular weight excluding hydrogens is 331 g/mol. The van der Waals surface area contributed by atoms with Crippen LogP contribution < -0.4 is 5.32 Å². The number of nitrogens with zero attached hydrogens (tertiary/aromatic N) is 1. The Bertz CT molecular complexity index is 344. The summed E-state index contributed by atoms with van der Waals surface area (Å²) < 4.78 is 20.3. The number of hydrogen-bond donors (Lipinski definition) is 2. The number of nitrogens with one attached hydrogen (secondary N) is 1. The van der Waals surface area contributed by atoms with Crippen molar-refractivity contribution in [3.63, 3.8) is 0 Å². The lowest BCUT2D eigenvalue weighted by Crippen LogP contribution is -2.35. The molecule has 152 valence electrons. The number of alkyl halides is 1. The van der Waals surface area contributed by atoms with Crippen LogP contribution in [0, 0.1) is 0 Å². The van der Waals surface area contributed by atoms with Crippen molar-refractivity contribution in [1.29, 1.82) is 0 Å². The van der Waals surface area contributed by atoms with Gasteiger partial charge in [0.15, 0.2) is 0 Å². The molecular formula is C17H37FN2O5. The van der Waals surface area contributed by atoms with Gasteiger partial charge in [-0.15, -0.1) is 6.58 Å². The fraction of sp³-hybridized carbons (Fsp3) is 0.765. The summed E-state index contributed by atoms with van der Waals surface area (Å²) in [6.07, 6.45) is 0.672. The average Bonchev–Trinajstić information content (AvgIpc) is 2.50. The predicted molar refractivity (Wildman–Crippen MR) is 99.4 cm³/mol. The lowest BCUT2D eigenvalue weighted by Gasteiger charge is -2.18. The van der Waals surface area contributed by atoms with Crippen molar-refractivity contribution in [3.8, 4) is 0 Å². The third kappa shape index (κ3) is 24.7. The van der Waals surface area contributed by atoms with Gasteiger partial charge in [0, 0.05) is 41.3 Å². The van der Waals surface area contributed by atoms with Crippen molar-refractivity contribution in [1.82, 2.24) is 10.2 Å². The van der Waals surface area contributed by atoms with Gasteiger partial charge in [-0.25, -0.2) is 9.18 Å². The highest BCUT2D eigenvalue weighted by molar-refractivity contribution is 5.80. The van der Waals surface area contributed by atoms with Gasteiger partial charge in [0.25, 0.3) is 5.91 Å². The number of carbonyl (C=O) groups is 2. The van der Waals surface area contributed by atoms with E-state index in [-0.39, 0.29) is 31.6 Å². The number of methoxy groups -OCH3 is 1. The first kappa shape index (κ1) is 31.1. The van der Waals surface area contributed by atoms with Crippen LogP contribution in [0.1, 0.15) is 34.6 Å². The van der Waals surface area contributed by atoms with E-state index < -0.39 is 12.8 Å². The maximum atomic E-state index is 11.2. The Balaban J connectivity index is -0.000000142. The molecule has 0 aliphatic rings. The lowest BCUT2D eigenvalue weighted by atomic mass is 10.2. The molecule has 8 heteroatoms. The summed E-state index contributed by atoms with van der Waals surface area (Å²) in [5, 5.41) is 10.9. The van der Waals surface area contributed by atoms with E-state index in [0.717, 1.165) is 0 Å². The molecule has 0 aromatic carbocycles. The Morgan fingerprint density at radius 3 is 1.96 bits per heavy atom. The number of aliphatic hydroxyl groups excluding tert-OH is 1. The first-order valence-electron chi connectivity index (χ1n) is 7.43. The average molecular weight is 368 g/mol. The Morgan fingerprint density at radius 2 is 1.80 bits per heavy atom. The zero-order chi connectivity index (χ0) is 19.8. The van der Waals surface area contributed by atoms with Crippen molar-refractivity contribution in [2.75, 3.05) is 41.5 Å². The van der Waals surface area contributed by atoms with E-state index >= 15 is 0 Å². The molecule has 0 spiro atoms. The first-order valence-corrected chi connectivity index (χ1v) is 7.43. The molecule has 2 amide bonds. The van der Waals surface area contributed by atoms with E-state index in [4.69, 9.17) is 14.6 Å². The van der Waals surface area contributed by atoms with Crippen molar-refractivity contribution < 1.29 is 28.6 Å². The van der Waals surface area contributed by atoms with Crippen LogP contribution in [0.5, 0.6) is 0 Å². The monoisotopic (exact) mass is 368 g/mol. The van der Waals surface area contributed by atoms with E-state index in [1.54, 1.807) is 14.1 Å². The molecule has 0 saturated carbocycles. The van der Waals surface area contributed by atoms with E-state index in [2.05, 4.69) is 11.9 Å². The minimum atomic E-state index is -0.505. The van der Waals surface area contributed by atoms with E-state index in [9.17, 15) is 14.0 Å². The number of aliphatic hydroxyl groups is 1. The van der Waals surface area contributed by atoms with Gasteiger partial charge in [-0.3, -0.25) is 4.79 Å². The van der Waals surface area contributed by atoms with Gasteiger partial charge in [0.2, 0.25) is 0 Å². The predicted octanol–water partition coefficient (Wildman–Crippen LogP) is 2.39. The Hall–Kier alpha value is -1.67. The number of halogens is 1. The molecule has 7 nitrogen and oxygen atoms in total. The largest absolute Gasteiger partial charge is 0.444 e. The standard InChI is InChI=1S/C7H15NO3.C6H13NO2.C3H5F.CH4/c1-8(2)7(10)6(11-3)4-5-9;1-6(2,3)9-5(8)7-4;1-2-3-4;/h6,9H,4-5H2,1-3H3;1-4H3,(H,7,8);2H,1,3H2;1H4/t6-;;;/m0.../s1. The Kier molecular flexibility index (Phi) is 23.2. The van der Waals surface area contributed by atoms with Gasteiger partial charge in [-0.05, 0) is 20.8 Å². The zero-order valence-corrected chi connectivity index (χ0v) is 15.9. The van der Waals surface area contributed by atoms with Crippen LogP contribution in [0.15, 0.2) is 12.7 Å². The number of allylic oxidation sites excluding steroid dienone is 1. The molecule has 0 aromatic rings. The van der Waals surface area contributed by atoms with Crippen LogP contribution in [-0.2, 0) is 14.3 Å². The molecule has 1 atom stereocenters. The molecule has 0 saturated heterocycles. The second-order valence-corrected chi connectivity index (χ2v) is 5.66. The number of amides is 2. The molecule has 0 aliphatic heterocycles. The summed E-state index contributed by atoms with van der Waals surface area (Å²) in [5.41, 5.74) is -0.389. The Morgan fingerprint density at radius 1 is 1.36 bits per heavy atom. The normalized spacial score (nSPS) is 10.4. The molecule has 0 fully saturated rings. The smallest absolute Gasteiger partial charge is 0.407 e. The quantitative estimate of drug-likeness (QED) is 0.728. The lowest BCUT2D eigenvalue weighted by molar-refractivity contribution is -0.140. The second kappa shape index (κ2) is 18.7. The topological polar surface area (TPSA) is 88.1 Å². The van der Waals surface area contributed by atoms with E-state index in [1.165, 1.54) is 25.1 Å². The number of hydrogen-bond acceptors (Lipinski definition) is 5. The van der Waals surface area contributed by atoms with Crippen LogP contribution in [-0.4, -0.2) is 75.2 Å². The molecule has 2 N–H and O–H groups in total. The van der Waals surface area contributed by atoms with Crippen molar-refractivity contribution >= 4 is 12.0 Å². The van der Waals surface area contributed by atoms with Gasteiger partial charge in [-0.1, -0.05) is 13.5 Å². The van der Waals surface area contributed by atoms with Gasteiger partial charge in [-0.2, -0.15) is 0 Å².